The zero-order valence-electron chi connectivity index (χ0n) is 17.4. The van der Waals surface area contributed by atoms with Crippen LogP contribution in [0.5, 0.6) is 0 Å². The summed E-state index contributed by atoms with van der Waals surface area (Å²) in [6.45, 7) is 6.25. The maximum atomic E-state index is 2.59. The Morgan fingerprint density at radius 1 is 0.517 bits per heavy atom. The van der Waals surface area contributed by atoms with Crippen molar-refractivity contribution in [1.29, 1.82) is 0 Å². The van der Waals surface area contributed by atoms with E-state index in [1.54, 1.807) is 0 Å². The molecule has 0 heterocycles. The van der Waals surface area contributed by atoms with Gasteiger partial charge in [-0.3, -0.25) is 9.80 Å². The molecule has 0 fully saturated rings. The van der Waals surface area contributed by atoms with Gasteiger partial charge in [-0.1, -0.05) is 91.0 Å². The van der Waals surface area contributed by atoms with E-state index in [4.69, 9.17) is 0 Å². The monoisotopic (exact) mass is 404 g/mol. The molecular formula is C26H32N2S. The second kappa shape index (κ2) is 12.5. The van der Waals surface area contributed by atoms with Crippen molar-refractivity contribution in [3.05, 3.63) is 108 Å². The Balaban J connectivity index is 1.65. The van der Waals surface area contributed by atoms with Crippen LogP contribution in [0.4, 0.5) is 0 Å². The fourth-order valence-electron chi connectivity index (χ4n) is 3.51. The van der Waals surface area contributed by atoms with Crippen LogP contribution in [-0.4, -0.2) is 41.4 Å². The molecule has 0 spiro atoms. The van der Waals surface area contributed by atoms with Crippen LogP contribution >= 0.6 is 11.8 Å². The van der Waals surface area contributed by atoms with Gasteiger partial charge in [0, 0.05) is 45.0 Å². The molecule has 3 aromatic carbocycles. The maximum Gasteiger partial charge on any atom is 0.0237 e. The molecule has 0 aliphatic heterocycles. The highest BCUT2D eigenvalue weighted by Crippen LogP contribution is 2.12. The molecule has 0 bridgehead atoms. The quantitative estimate of drug-likeness (QED) is 0.390. The van der Waals surface area contributed by atoms with Crippen LogP contribution in [0.3, 0.4) is 0 Å². The minimum Gasteiger partial charge on any atom is -0.297 e. The summed E-state index contributed by atoms with van der Waals surface area (Å²) in [5.74, 6) is 1.17. The molecule has 0 amide bonds. The average molecular weight is 405 g/mol. The summed E-state index contributed by atoms with van der Waals surface area (Å²) in [6.07, 6.45) is 2.19. The van der Waals surface area contributed by atoms with Gasteiger partial charge in [-0.2, -0.15) is 11.8 Å². The zero-order chi connectivity index (χ0) is 20.2. The highest BCUT2D eigenvalue weighted by Gasteiger charge is 2.11. The summed E-state index contributed by atoms with van der Waals surface area (Å²) in [6, 6.07) is 32.5. The molecule has 152 valence electrons. The third-order valence-electron chi connectivity index (χ3n) is 5.09. The average Bonchev–Trinajstić information content (AvgIpc) is 2.77. The zero-order valence-corrected chi connectivity index (χ0v) is 18.2. The summed E-state index contributed by atoms with van der Waals surface area (Å²) < 4.78 is 0. The highest BCUT2D eigenvalue weighted by atomic mass is 32.2. The van der Waals surface area contributed by atoms with Gasteiger partial charge in [-0.15, -0.1) is 0 Å². The number of hydrogen-bond acceptors (Lipinski definition) is 3. The van der Waals surface area contributed by atoms with Crippen LogP contribution in [0.1, 0.15) is 16.7 Å². The van der Waals surface area contributed by atoms with Gasteiger partial charge in [0.15, 0.2) is 0 Å². The predicted molar refractivity (Wildman–Crippen MR) is 127 cm³/mol. The van der Waals surface area contributed by atoms with Crippen LogP contribution in [0.15, 0.2) is 91.0 Å². The first-order valence-corrected chi connectivity index (χ1v) is 11.8. The van der Waals surface area contributed by atoms with Gasteiger partial charge in [-0.25, -0.2) is 0 Å². The van der Waals surface area contributed by atoms with E-state index < -0.39 is 0 Å². The Bertz CT molecular complexity index is 751. The van der Waals surface area contributed by atoms with Gasteiger partial charge in [0.05, 0.1) is 0 Å². The number of benzene rings is 3. The first kappa shape index (κ1) is 21.6. The van der Waals surface area contributed by atoms with Crippen LogP contribution < -0.4 is 0 Å². The second-order valence-electron chi connectivity index (χ2n) is 7.44. The summed E-state index contributed by atoms with van der Waals surface area (Å²) in [4.78, 5) is 5.16. The fraction of sp³-hybridized carbons (Fsp3) is 0.308. The molecule has 3 rings (SSSR count). The molecule has 0 N–H and O–H groups in total. The van der Waals surface area contributed by atoms with Crippen LogP contribution in [0.25, 0.3) is 0 Å². The molecule has 0 saturated carbocycles. The molecule has 2 nitrogen and oxygen atoms in total. The molecule has 0 atom stereocenters. The lowest BCUT2D eigenvalue weighted by Crippen LogP contribution is -2.35. The standard InChI is InChI=1S/C26H32N2S/c1-29-20-19-27(21-24-11-5-2-6-12-24)17-18-28(22-25-13-7-3-8-14-25)23-26-15-9-4-10-16-26/h2-16H,17-23H2,1H3. The predicted octanol–water partition coefficient (Wildman–Crippen LogP) is 5.55. The SMILES string of the molecule is CSCCN(CCN(Cc1ccccc1)Cc1ccccc1)Cc1ccccc1. The van der Waals surface area contributed by atoms with Gasteiger partial charge in [-0.05, 0) is 22.9 Å². The van der Waals surface area contributed by atoms with Crippen molar-refractivity contribution in [3.63, 3.8) is 0 Å². The van der Waals surface area contributed by atoms with E-state index in [2.05, 4.69) is 107 Å². The lowest BCUT2D eigenvalue weighted by Gasteiger charge is -2.28. The first-order chi connectivity index (χ1) is 14.3. The van der Waals surface area contributed by atoms with E-state index in [9.17, 15) is 0 Å². The number of nitrogens with zero attached hydrogens (tertiary/aromatic N) is 2. The van der Waals surface area contributed by atoms with E-state index in [1.807, 2.05) is 11.8 Å². The Hall–Kier alpha value is -2.07. The summed E-state index contributed by atoms with van der Waals surface area (Å²) in [5.41, 5.74) is 4.15. The number of hydrogen-bond donors (Lipinski definition) is 0. The summed E-state index contributed by atoms with van der Waals surface area (Å²) in [5, 5.41) is 0. The van der Waals surface area contributed by atoms with Gasteiger partial charge in [0.1, 0.15) is 0 Å². The Kier molecular flexibility index (Phi) is 9.31. The molecule has 0 radical (unpaired) electrons. The Labute approximate surface area is 180 Å². The molecule has 0 saturated heterocycles. The molecule has 0 aromatic heterocycles. The smallest absolute Gasteiger partial charge is 0.0237 e. The molecule has 3 aromatic rings. The lowest BCUT2D eigenvalue weighted by atomic mass is 10.1. The van der Waals surface area contributed by atoms with E-state index in [0.717, 1.165) is 39.3 Å². The third kappa shape index (κ3) is 8.06. The second-order valence-corrected chi connectivity index (χ2v) is 8.42. The molecule has 0 unspecified atom stereocenters. The third-order valence-corrected chi connectivity index (χ3v) is 5.68. The Morgan fingerprint density at radius 2 is 0.897 bits per heavy atom. The molecule has 29 heavy (non-hydrogen) atoms. The van der Waals surface area contributed by atoms with E-state index in [0.29, 0.717) is 0 Å². The highest BCUT2D eigenvalue weighted by molar-refractivity contribution is 7.98. The van der Waals surface area contributed by atoms with Crippen LogP contribution in [0.2, 0.25) is 0 Å². The number of rotatable bonds is 12. The van der Waals surface area contributed by atoms with Crippen molar-refractivity contribution >= 4 is 11.8 Å². The molecule has 3 heteroatoms. The van der Waals surface area contributed by atoms with Gasteiger partial charge >= 0.3 is 0 Å². The first-order valence-electron chi connectivity index (χ1n) is 10.4. The van der Waals surface area contributed by atoms with Crippen LogP contribution in [-0.2, 0) is 19.6 Å². The number of thioether (sulfide) groups is 1. The van der Waals surface area contributed by atoms with Gasteiger partial charge in [0.2, 0.25) is 0 Å². The maximum absolute atomic E-state index is 2.59. The lowest BCUT2D eigenvalue weighted by molar-refractivity contribution is 0.194. The van der Waals surface area contributed by atoms with E-state index >= 15 is 0 Å². The fourth-order valence-corrected chi connectivity index (χ4v) is 3.95. The molecular weight excluding hydrogens is 372 g/mol. The van der Waals surface area contributed by atoms with Gasteiger partial charge < -0.3 is 0 Å². The van der Waals surface area contributed by atoms with Crippen molar-refractivity contribution in [3.8, 4) is 0 Å². The minimum absolute atomic E-state index is 0.984. The van der Waals surface area contributed by atoms with Crippen LogP contribution in [0, 0.1) is 0 Å². The van der Waals surface area contributed by atoms with Crippen molar-refractivity contribution < 1.29 is 0 Å². The molecule has 0 aliphatic carbocycles. The van der Waals surface area contributed by atoms with Crippen molar-refractivity contribution in [1.82, 2.24) is 9.80 Å². The topological polar surface area (TPSA) is 6.48 Å². The van der Waals surface area contributed by atoms with E-state index in [1.165, 1.54) is 22.4 Å². The van der Waals surface area contributed by atoms with Gasteiger partial charge in [0.25, 0.3) is 0 Å². The van der Waals surface area contributed by atoms with Crippen molar-refractivity contribution in [2.24, 2.45) is 0 Å². The Morgan fingerprint density at radius 3 is 1.31 bits per heavy atom. The van der Waals surface area contributed by atoms with Crippen molar-refractivity contribution in [2.45, 2.75) is 19.6 Å². The van der Waals surface area contributed by atoms with Crippen molar-refractivity contribution in [2.75, 3.05) is 31.6 Å². The summed E-state index contributed by atoms with van der Waals surface area (Å²) in [7, 11) is 0. The molecule has 0 aliphatic rings. The van der Waals surface area contributed by atoms with E-state index in [-0.39, 0.29) is 0 Å². The normalized spacial score (nSPS) is 11.3. The minimum atomic E-state index is 0.984. The summed E-state index contributed by atoms with van der Waals surface area (Å²) >= 11 is 1.92. The largest absolute Gasteiger partial charge is 0.297 e.